The Kier molecular flexibility index (Phi) is 18.8. The van der Waals surface area contributed by atoms with Crippen LogP contribution in [0.2, 0.25) is 0 Å². The Morgan fingerprint density at radius 1 is 1.00 bits per heavy atom. The Balaban J connectivity index is 0.00000115. The molecule has 234 valence electrons. The summed E-state index contributed by atoms with van der Waals surface area (Å²) in [6.45, 7) is 3.37. The lowest BCUT2D eigenvalue weighted by Crippen LogP contribution is -2.49. The smallest absolute Gasteiger partial charge is 0.247 e. The number of hydrogen-bond donors (Lipinski definition) is 2. The molecule has 1 aromatic rings. The van der Waals surface area contributed by atoms with E-state index in [-0.39, 0.29) is 37.5 Å². The summed E-state index contributed by atoms with van der Waals surface area (Å²) in [4.78, 5) is 54.3. The summed E-state index contributed by atoms with van der Waals surface area (Å²) in [5.41, 5.74) is 0.890. The van der Waals surface area contributed by atoms with Crippen LogP contribution >= 0.6 is 0 Å². The van der Waals surface area contributed by atoms with Crippen molar-refractivity contribution in [1.29, 1.82) is 0 Å². The van der Waals surface area contributed by atoms with E-state index < -0.39 is 23.8 Å². The molecule has 0 spiro atoms. The van der Waals surface area contributed by atoms with Crippen LogP contribution in [-0.4, -0.2) is 80.1 Å². The molecule has 1 aromatic carbocycles. The molecule has 0 saturated heterocycles. The van der Waals surface area contributed by atoms with Gasteiger partial charge >= 0.3 is 0 Å². The lowest BCUT2D eigenvalue weighted by atomic mass is 9.91. The number of benzene rings is 1. The number of rotatable bonds is 15. The van der Waals surface area contributed by atoms with E-state index in [0.29, 0.717) is 19.5 Å². The summed E-state index contributed by atoms with van der Waals surface area (Å²) in [7, 11) is 5.54. The van der Waals surface area contributed by atoms with Crippen LogP contribution in [0.1, 0.15) is 63.9 Å². The van der Waals surface area contributed by atoms with Gasteiger partial charge in [-0.15, -0.1) is 18.8 Å². The van der Waals surface area contributed by atoms with E-state index in [0.717, 1.165) is 11.5 Å². The molecule has 1 aliphatic rings. The summed E-state index contributed by atoms with van der Waals surface area (Å²) >= 11 is 0. The number of nitrogens with one attached hydrogen (secondary N) is 2. The summed E-state index contributed by atoms with van der Waals surface area (Å²) in [6, 6.07) is 8.25. The Labute approximate surface area is 259 Å². The number of Topliss-reactive ketones (excluding diaryl/α,β-unsaturated/α-hetero) is 1. The molecule has 0 aromatic heterocycles. The van der Waals surface area contributed by atoms with Crippen LogP contribution < -0.4 is 10.6 Å². The average molecular weight is 591 g/mol. The van der Waals surface area contributed by atoms with Crippen molar-refractivity contribution < 1.29 is 19.2 Å². The fourth-order valence-corrected chi connectivity index (χ4v) is 4.52. The molecule has 0 aliphatic heterocycles. The highest BCUT2D eigenvalue weighted by molar-refractivity contribution is 5.93. The van der Waals surface area contributed by atoms with Crippen molar-refractivity contribution >= 4 is 23.5 Å². The summed E-state index contributed by atoms with van der Waals surface area (Å²) < 4.78 is 0. The lowest BCUT2D eigenvalue weighted by molar-refractivity contribution is -0.136. The average Bonchev–Trinajstić information content (AvgIpc) is 3.00. The number of amides is 3. The Morgan fingerprint density at radius 3 is 2.23 bits per heavy atom. The van der Waals surface area contributed by atoms with Crippen molar-refractivity contribution in [1.82, 2.24) is 20.4 Å². The normalized spacial score (nSPS) is 14.4. The maximum atomic E-state index is 13.3. The molecule has 0 bridgehead atoms. The van der Waals surface area contributed by atoms with Gasteiger partial charge in [0, 0.05) is 39.4 Å². The first-order valence-electron chi connectivity index (χ1n) is 15.2. The minimum Gasteiger partial charge on any atom is -0.347 e. The SMILES string of the molecule is C#CC=CC(NC(=O)[C@@H](CC(=O)N(C)CCN(C)C)Cc1ccccc1)C(=O)NCC(=O)CCC#C.CC1CCCCC1. The van der Waals surface area contributed by atoms with Gasteiger partial charge in [-0.05, 0) is 44.1 Å². The molecule has 1 aliphatic carbocycles. The highest BCUT2D eigenvalue weighted by atomic mass is 16.2. The van der Waals surface area contributed by atoms with Crippen LogP contribution in [0.15, 0.2) is 42.5 Å². The monoisotopic (exact) mass is 590 g/mol. The molecule has 8 nitrogen and oxygen atoms in total. The first-order chi connectivity index (χ1) is 20.6. The van der Waals surface area contributed by atoms with Gasteiger partial charge in [0.15, 0.2) is 5.78 Å². The Morgan fingerprint density at radius 2 is 1.67 bits per heavy atom. The summed E-state index contributed by atoms with van der Waals surface area (Å²) in [6.07, 6.45) is 21.3. The van der Waals surface area contributed by atoms with Gasteiger partial charge in [0.2, 0.25) is 17.7 Å². The quantitative estimate of drug-likeness (QED) is 0.304. The second kappa shape index (κ2) is 21.8. The number of allylic oxidation sites excluding steroid dienone is 1. The number of ketones is 1. The fourth-order valence-electron chi connectivity index (χ4n) is 4.52. The van der Waals surface area contributed by atoms with E-state index in [9.17, 15) is 19.2 Å². The third-order valence-corrected chi connectivity index (χ3v) is 7.29. The molecule has 1 saturated carbocycles. The second-order valence-corrected chi connectivity index (χ2v) is 11.4. The maximum absolute atomic E-state index is 13.3. The molecule has 0 heterocycles. The van der Waals surface area contributed by atoms with Crippen molar-refractivity contribution in [2.24, 2.45) is 11.8 Å². The standard InChI is InChI=1S/C28H36N4O4.C7H14/c1-6-8-15-24(33)21-29-28(36)25(16-9-7-2)30-27(35)23(19-22-13-11-10-12-14-22)20-26(34)32(5)18-17-31(3)4;1-7-5-3-2-4-6-7/h1-2,9-14,16,23,25H,8,15,17-21H2,3-5H3,(H,29,36)(H,30,35);7H,2-6H2,1H3/t23-,25?;/m1./s1. The molecule has 2 N–H and O–H groups in total. The van der Waals surface area contributed by atoms with Gasteiger partial charge in [-0.3, -0.25) is 19.2 Å². The van der Waals surface area contributed by atoms with Crippen LogP contribution in [-0.2, 0) is 25.6 Å². The van der Waals surface area contributed by atoms with Gasteiger partial charge in [0.05, 0.1) is 12.5 Å². The van der Waals surface area contributed by atoms with Crippen molar-refractivity contribution in [3.05, 3.63) is 48.0 Å². The van der Waals surface area contributed by atoms with E-state index in [4.69, 9.17) is 12.8 Å². The van der Waals surface area contributed by atoms with Gasteiger partial charge in [-0.2, -0.15) is 0 Å². The van der Waals surface area contributed by atoms with Crippen molar-refractivity contribution in [2.45, 2.75) is 70.8 Å². The molecule has 43 heavy (non-hydrogen) atoms. The highest BCUT2D eigenvalue weighted by Gasteiger charge is 2.27. The highest BCUT2D eigenvalue weighted by Crippen LogP contribution is 2.22. The number of likely N-dealkylation sites (N-methyl/N-ethyl adjacent to an activating group) is 2. The van der Waals surface area contributed by atoms with Crippen LogP contribution in [0.4, 0.5) is 0 Å². The number of carbonyl (C=O) groups is 4. The molecule has 1 fully saturated rings. The number of terminal acetylenes is 2. The Hall–Kier alpha value is -3.88. The molecular weight excluding hydrogens is 540 g/mol. The first kappa shape index (κ1) is 37.1. The molecule has 3 amide bonds. The summed E-state index contributed by atoms with van der Waals surface area (Å²) in [5.74, 6) is 3.54. The van der Waals surface area contributed by atoms with E-state index in [2.05, 4.69) is 29.4 Å². The zero-order chi connectivity index (χ0) is 32.0. The van der Waals surface area contributed by atoms with Gasteiger partial charge in [0.1, 0.15) is 6.04 Å². The summed E-state index contributed by atoms with van der Waals surface area (Å²) in [5, 5.41) is 5.19. The van der Waals surface area contributed by atoms with Crippen LogP contribution in [0, 0.1) is 36.5 Å². The number of hydrogen-bond acceptors (Lipinski definition) is 5. The zero-order valence-electron chi connectivity index (χ0n) is 26.4. The fraction of sp³-hybridized carbons (Fsp3) is 0.543. The van der Waals surface area contributed by atoms with E-state index >= 15 is 0 Å². The molecule has 8 heteroatoms. The second-order valence-electron chi connectivity index (χ2n) is 11.4. The van der Waals surface area contributed by atoms with Crippen LogP contribution in [0.5, 0.6) is 0 Å². The maximum Gasteiger partial charge on any atom is 0.247 e. The molecule has 0 radical (unpaired) electrons. The first-order valence-corrected chi connectivity index (χ1v) is 15.2. The largest absolute Gasteiger partial charge is 0.347 e. The molecule has 2 rings (SSSR count). The zero-order valence-corrected chi connectivity index (χ0v) is 26.4. The third-order valence-electron chi connectivity index (χ3n) is 7.29. The van der Waals surface area contributed by atoms with Crippen LogP contribution in [0.3, 0.4) is 0 Å². The predicted octanol–water partition coefficient (Wildman–Crippen LogP) is 3.61. The topological polar surface area (TPSA) is 98.8 Å². The van der Waals surface area contributed by atoms with Gasteiger partial charge in [0.25, 0.3) is 0 Å². The minimum absolute atomic E-state index is 0.0254. The van der Waals surface area contributed by atoms with Crippen molar-refractivity contribution in [2.75, 3.05) is 40.8 Å². The van der Waals surface area contributed by atoms with E-state index in [1.54, 1.807) is 11.9 Å². The van der Waals surface area contributed by atoms with Crippen molar-refractivity contribution in [3.63, 3.8) is 0 Å². The number of carbonyl (C=O) groups excluding carboxylic acids is 4. The third kappa shape index (κ3) is 17.0. The molecular formula is C35H50N4O4. The van der Waals surface area contributed by atoms with Gasteiger partial charge in [-0.1, -0.05) is 75.3 Å². The minimum atomic E-state index is -1.10. The Bertz CT molecular complexity index is 1110. The van der Waals surface area contributed by atoms with Crippen LogP contribution in [0.25, 0.3) is 0 Å². The van der Waals surface area contributed by atoms with Crippen molar-refractivity contribution in [3.8, 4) is 24.7 Å². The van der Waals surface area contributed by atoms with Gasteiger partial charge in [-0.25, -0.2) is 0 Å². The number of nitrogens with zero attached hydrogens (tertiary/aromatic N) is 2. The molecule has 2 atom stereocenters. The van der Waals surface area contributed by atoms with E-state index in [1.165, 1.54) is 44.3 Å². The van der Waals surface area contributed by atoms with Gasteiger partial charge < -0.3 is 20.4 Å². The molecule has 1 unspecified atom stereocenters. The predicted molar refractivity (Wildman–Crippen MR) is 173 cm³/mol. The van der Waals surface area contributed by atoms with E-state index in [1.807, 2.05) is 49.3 Å². The lowest BCUT2D eigenvalue weighted by Gasteiger charge is -2.24.